The predicted molar refractivity (Wildman–Crippen MR) is 80.6 cm³/mol. The molecule has 0 unspecified atom stereocenters. The number of sulfonamides is 1. The van der Waals surface area contributed by atoms with Crippen molar-refractivity contribution < 1.29 is 23.0 Å². The van der Waals surface area contributed by atoms with Gasteiger partial charge in [0.15, 0.2) is 11.5 Å². The summed E-state index contributed by atoms with van der Waals surface area (Å²) in [5.41, 5.74) is 0.365. The molecular formula is C13H15NO5S2. The fourth-order valence-corrected chi connectivity index (χ4v) is 3.88. The third kappa shape index (κ3) is 3.46. The Bertz CT molecular complexity index is 724. The Kier molecular flexibility index (Phi) is 4.71. The van der Waals surface area contributed by atoms with Crippen molar-refractivity contribution in [3.05, 3.63) is 34.5 Å². The number of nitrogens with one attached hydrogen (secondary N) is 1. The zero-order chi connectivity index (χ0) is 15.5. The first-order valence-electron chi connectivity index (χ1n) is 5.93. The number of ether oxygens (including phenoxy) is 2. The molecule has 0 amide bonds. The Morgan fingerprint density at radius 3 is 2.48 bits per heavy atom. The fraction of sp³-hybridized carbons (Fsp3) is 0.231. The number of rotatable bonds is 6. The SMILES string of the molecule is COc1ccc(NS(=O)(=O)c2csc(CO)c2)cc1OC. The average molecular weight is 329 g/mol. The molecule has 0 atom stereocenters. The number of aliphatic hydroxyl groups excluding tert-OH is 1. The van der Waals surface area contributed by atoms with Gasteiger partial charge >= 0.3 is 0 Å². The molecule has 2 aromatic rings. The van der Waals surface area contributed by atoms with Crippen molar-refractivity contribution in [1.82, 2.24) is 0 Å². The van der Waals surface area contributed by atoms with Crippen LogP contribution in [0.15, 0.2) is 34.5 Å². The Hall–Kier alpha value is -1.77. The third-order valence-corrected chi connectivity index (χ3v) is 5.16. The topological polar surface area (TPSA) is 84.9 Å². The van der Waals surface area contributed by atoms with Crippen LogP contribution >= 0.6 is 11.3 Å². The number of hydrogen-bond acceptors (Lipinski definition) is 6. The molecule has 0 spiro atoms. The monoisotopic (exact) mass is 329 g/mol. The van der Waals surface area contributed by atoms with E-state index in [2.05, 4.69) is 4.72 Å². The van der Waals surface area contributed by atoms with E-state index in [0.717, 1.165) is 0 Å². The summed E-state index contributed by atoms with van der Waals surface area (Å²) in [4.78, 5) is 0.703. The van der Waals surface area contributed by atoms with Crippen LogP contribution in [0.1, 0.15) is 4.88 Å². The zero-order valence-corrected chi connectivity index (χ0v) is 13.1. The summed E-state index contributed by atoms with van der Waals surface area (Å²) in [5.74, 6) is 0.942. The quantitative estimate of drug-likeness (QED) is 0.847. The van der Waals surface area contributed by atoms with E-state index in [-0.39, 0.29) is 11.5 Å². The third-order valence-electron chi connectivity index (χ3n) is 2.73. The molecule has 1 aromatic carbocycles. The zero-order valence-electron chi connectivity index (χ0n) is 11.5. The molecule has 1 aromatic heterocycles. The largest absolute Gasteiger partial charge is 0.493 e. The first kappa shape index (κ1) is 15.6. The van der Waals surface area contributed by atoms with Gasteiger partial charge in [-0.15, -0.1) is 11.3 Å². The van der Waals surface area contributed by atoms with Crippen LogP contribution in [0, 0.1) is 0 Å². The highest BCUT2D eigenvalue weighted by atomic mass is 32.2. The van der Waals surface area contributed by atoms with Gasteiger partial charge in [0.05, 0.1) is 31.4 Å². The van der Waals surface area contributed by atoms with Crippen molar-refractivity contribution in [2.45, 2.75) is 11.5 Å². The first-order chi connectivity index (χ1) is 10.00. The Morgan fingerprint density at radius 1 is 1.19 bits per heavy atom. The molecule has 114 valence electrons. The van der Waals surface area contributed by atoms with Crippen LogP contribution in [0.3, 0.4) is 0 Å². The smallest absolute Gasteiger partial charge is 0.262 e. The second kappa shape index (κ2) is 6.33. The summed E-state index contributed by atoms with van der Waals surface area (Å²) < 4.78 is 37.1. The van der Waals surface area contributed by atoms with Crippen molar-refractivity contribution in [2.75, 3.05) is 18.9 Å². The second-order valence-corrected chi connectivity index (χ2v) is 6.76. The van der Waals surface area contributed by atoms with Crippen LogP contribution in [0.4, 0.5) is 5.69 Å². The number of hydrogen-bond donors (Lipinski definition) is 2. The minimum absolute atomic E-state index is 0.117. The molecule has 0 aliphatic rings. The van der Waals surface area contributed by atoms with E-state index in [9.17, 15) is 8.42 Å². The Morgan fingerprint density at radius 2 is 1.90 bits per heavy atom. The number of thiophene rings is 1. The van der Waals surface area contributed by atoms with Gasteiger partial charge < -0.3 is 14.6 Å². The molecule has 0 fully saturated rings. The van der Waals surface area contributed by atoms with Crippen LogP contribution < -0.4 is 14.2 Å². The van der Waals surface area contributed by atoms with Crippen LogP contribution in [0.25, 0.3) is 0 Å². The average Bonchev–Trinajstić information content (AvgIpc) is 2.96. The van der Waals surface area contributed by atoms with Gasteiger partial charge in [0.2, 0.25) is 0 Å². The fourth-order valence-electron chi connectivity index (χ4n) is 1.70. The van der Waals surface area contributed by atoms with Gasteiger partial charge in [0.25, 0.3) is 10.0 Å². The standard InChI is InChI=1S/C13H15NO5S2/c1-18-12-4-3-9(5-13(12)19-2)14-21(16,17)11-6-10(7-15)20-8-11/h3-6,8,14-15H,7H2,1-2H3. The summed E-state index contributed by atoms with van der Waals surface area (Å²) in [6.45, 7) is -0.184. The van der Waals surface area contributed by atoms with E-state index in [1.165, 1.54) is 43.1 Å². The van der Waals surface area contributed by atoms with E-state index in [0.29, 0.717) is 22.1 Å². The molecule has 0 bridgehead atoms. The van der Waals surface area contributed by atoms with Gasteiger partial charge in [0, 0.05) is 16.3 Å². The van der Waals surface area contributed by atoms with Gasteiger partial charge in [-0.1, -0.05) is 0 Å². The first-order valence-corrected chi connectivity index (χ1v) is 8.29. The van der Waals surface area contributed by atoms with E-state index in [1.54, 1.807) is 12.1 Å². The summed E-state index contributed by atoms with van der Waals surface area (Å²) in [6.07, 6.45) is 0. The summed E-state index contributed by atoms with van der Waals surface area (Å²) in [6, 6.07) is 6.17. The van der Waals surface area contributed by atoms with Crippen LogP contribution in [0.2, 0.25) is 0 Å². The molecule has 21 heavy (non-hydrogen) atoms. The maximum atomic E-state index is 12.2. The Balaban J connectivity index is 2.28. The lowest BCUT2D eigenvalue weighted by atomic mass is 10.3. The van der Waals surface area contributed by atoms with Gasteiger partial charge in [-0.3, -0.25) is 4.72 Å². The molecule has 0 saturated heterocycles. The summed E-state index contributed by atoms with van der Waals surface area (Å²) >= 11 is 1.19. The van der Waals surface area contributed by atoms with E-state index >= 15 is 0 Å². The van der Waals surface area contributed by atoms with Crippen molar-refractivity contribution in [3.8, 4) is 11.5 Å². The van der Waals surface area contributed by atoms with Crippen molar-refractivity contribution in [2.24, 2.45) is 0 Å². The molecule has 0 aliphatic heterocycles. The molecule has 1 heterocycles. The van der Waals surface area contributed by atoms with Crippen LogP contribution in [-0.4, -0.2) is 27.7 Å². The highest BCUT2D eigenvalue weighted by Gasteiger charge is 2.17. The highest BCUT2D eigenvalue weighted by Crippen LogP contribution is 2.31. The molecular weight excluding hydrogens is 314 g/mol. The van der Waals surface area contributed by atoms with E-state index < -0.39 is 10.0 Å². The number of anilines is 1. The molecule has 0 aliphatic carbocycles. The lowest BCUT2D eigenvalue weighted by Gasteiger charge is -2.11. The maximum Gasteiger partial charge on any atom is 0.262 e. The van der Waals surface area contributed by atoms with Crippen molar-refractivity contribution in [3.63, 3.8) is 0 Å². The number of aliphatic hydroxyl groups is 1. The van der Waals surface area contributed by atoms with Gasteiger partial charge in [-0.2, -0.15) is 0 Å². The van der Waals surface area contributed by atoms with E-state index in [4.69, 9.17) is 14.6 Å². The lowest BCUT2D eigenvalue weighted by molar-refractivity contribution is 0.285. The second-order valence-electron chi connectivity index (χ2n) is 4.08. The molecule has 0 radical (unpaired) electrons. The Labute approximate surface area is 127 Å². The number of methoxy groups -OCH3 is 2. The minimum atomic E-state index is -3.69. The lowest BCUT2D eigenvalue weighted by Crippen LogP contribution is -2.12. The van der Waals surface area contributed by atoms with Crippen molar-refractivity contribution in [1.29, 1.82) is 0 Å². The molecule has 2 rings (SSSR count). The molecule has 8 heteroatoms. The molecule has 6 nitrogen and oxygen atoms in total. The van der Waals surface area contributed by atoms with Gasteiger partial charge in [0.1, 0.15) is 0 Å². The van der Waals surface area contributed by atoms with Gasteiger partial charge in [-0.05, 0) is 18.2 Å². The predicted octanol–water partition coefficient (Wildman–Crippen LogP) is 2.06. The maximum absolute atomic E-state index is 12.2. The van der Waals surface area contributed by atoms with Crippen LogP contribution in [0.5, 0.6) is 11.5 Å². The normalized spacial score (nSPS) is 11.2. The van der Waals surface area contributed by atoms with Crippen LogP contribution in [-0.2, 0) is 16.6 Å². The van der Waals surface area contributed by atoms with Crippen molar-refractivity contribution >= 4 is 27.0 Å². The summed E-state index contributed by atoms with van der Waals surface area (Å²) in [7, 11) is -0.716. The number of benzene rings is 1. The summed E-state index contributed by atoms with van der Waals surface area (Å²) in [5, 5.41) is 10.5. The minimum Gasteiger partial charge on any atom is -0.493 e. The van der Waals surface area contributed by atoms with Gasteiger partial charge in [-0.25, -0.2) is 8.42 Å². The van der Waals surface area contributed by atoms with E-state index in [1.807, 2.05) is 0 Å². The molecule has 2 N–H and O–H groups in total. The molecule has 0 saturated carbocycles. The highest BCUT2D eigenvalue weighted by molar-refractivity contribution is 7.92.